The highest BCUT2D eigenvalue weighted by Crippen LogP contribution is 2.28. The number of hydrogen-bond acceptors (Lipinski definition) is 16. The average molecular weight is 861 g/mol. The molecule has 0 saturated carbocycles. The zero-order valence-electron chi connectivity index (χ0n) is 32.9. The van der Waals surface area contributed by atoms with Crippen molar-refractivity contribution in [3.05, 3.63) is 120 Å². The fourth-order valence-electron chi connectivity index (χ4n) is 5.85. The first-order chi connectivity index (χ1) is 28.6. The van der Waals surface area contributed by atoms with Crippen LogP contribution in [0.15, 0.2) is 102 Å². The molecule has 2 unspecified atom stereocenters. The van der Waals surface area contributed by atoms with Crippen LogP contribution in [0.5, 0.6) is 11.5 Å². The molecule has 61 heavy (non-hydrogen) atoms. The number of pyridine rings is 2. The van der Waals surface area contributed by atoms with Gasteiger partial charge in [-0.1, -0.05) is 68.1 Å². The van der Waals surface area contributed by atoms with Gasteiger partial charge in [-0.05, 0) is 42.3 Å². The number of amides is 3. The number of halogens is 1. The lowest BCUT2D eigenvalue weighted by Gasteiger charge is -2.18. The quantitative estimate of drug-likeness (QED) is 0.164. The number of rotatable bonds is 8. The molecule has 0 bridgehead atoms. The van der Waals surface area contributed by atoms with Crippen LogP contribution in [0.4, 0.5) is 11.6 Å². The van der Waals surface area contributed by atoms with Crippen molar-refractivity contribution in [2.24, 2.45) is 5.73 Å². The minimum absolute atomic E-state index is 0. The summed E-state index contributed by atoms with van der Waals surface area (Å²) >= 11 is 0. The molecule has 3 aliphatic rings. The van der Waals surface area contributed by atoms with Crippen molar-refractivity contribution in [2.75, 3.05) is 43.7 Å². The summed E-state index contributed by atoms with van der Waals surface area (Å²) in [4.78, 5) is 59.1. The second kappa shape index (κ2) is 22.7. The van der Waals surface area contributed by atoms with Gasteiger partial charge in [-0.15, -0.1) is 22.6 Å². The molecule has 1 fully saturated rings. The molecular formula is C41H49ClN10O9. The SMILES string of the molecule is C.CCOC(=O)C1NNC(Cc2ccccc2)O1.CN1C(=O)[C@@H](N)COc2cccnc21.CN1C(=O)[C@@H](NC(=O)c2nnc(Cc3ccccc3)o2)COc2cccnc21.Cl. The zero-order chi connectivity index (χ0) is 41.7. The van der Waals surface area contributed by atoms with Gasteiger partial charge >= 0.3 is 17.8 Å². The number of nitrogens with two attached hydrogens (primary N) is 1. The summed E-state index contributed by atoms with van der Waals surface area (Å²) in [5.41, 5.74) is 13.4. The molecule has 8 rings (SSSR count). The number of hydrazine groups is 1. The highest BCUT2D eigenvalue weighted by molar-refractivity contribution is 6.01. The lowest BCUT2D eigenvalue weighted by Crippen LogP contribution is -2.49. The second-order valence-electron chi connectivity index (χ2n) is 13.1. The molecule has 3 amide bonds. The van der Waals surface area contributed by atoms with E-state index in [2.05, 4.69) is 36.3 Å². The van der Waals surface area contributed by atoms with E-state index in [0.717, 1.165) is 11.1 Å². The van der Waals surface area contributed by atoms with Crippen LogP contribution in [-0.2, 0) is 36.7 Å². The van der Waals surface area contributed by atoms with Crippen molar-refractivity contribution < 1.29 is 42.5 Å². The molecule has 4 atom stereocenters. The zero-order valence-corrected chi connectivity index (χ0v) is 33.7. The number of anilines is 2. The molecular weight excluding hydrogens is 812 g/mol. The number of likely N-dealkylation sites (N-methyl/N-ethyl adjacent to an activating group) is 2. The maximum atomic E-state index is 12.6. The number of benzene rings is 2. The van der Waals surface area contributed by atoms with Gasteiger partial charge in [0.2, 0.25) is 18.0 Å². The molecule has 0 radical (unpaired) electrons. The lowest BCUT2D eigenvalue weighted by molar-refractivity contribution is -0.156. The molecule has 19 nitrogen and oxygen atoms in total. The first-order valence-corrected chi connectivity index (χ1v) is 18.6. The monoisotopic (exact) mass is 860 g/mol. The fourth-order valence-corrected chi connectivity index (χ4v) is 5.85. The Morgan fingerprint density at radius 3 is 2.03 bits per heavy atom. The molecule has 0 aliphatic carbocycles. The maximum absolute atomic E-state index is 12.6. The molecule has 20 heteroatoms. The second-order valence-corrected chi connectivity index (χ2v) is 13.1. The number of ether oxygens (including phenoxy) is 4. The number of nitrogens with one attached hydrogen (secondary N) is 3. The van der Waals surface area contributed by atoms with Crippen LogP contribution < -0.4 is 41.2 Å². The van der Waals surface area contributed by atoms with E-state index < -0.39 is 30.2 Å². The largest absolute Gasteiger partial charge is 0.488 e. The van der Waals surface area contributed by atoms with Crippen LogP contribution in [0.2, 0.25) is 0 Å². The van der Waals surface area contributed by atoms with Gasteiger partial charge in [-0.2, -0.15) is 0 Å². The molecule has 5 aromatic rings. The Hall–Kier alpha value is -6.51. The Balaban J connectivity index is 0.000000213. The Labute approximate surface area is 358 Å². The third kappa shape index (κ3) is 12.5. The third-order valence-electron chi connectivity index (χ3n) is 8.84. The van der Waals surface area contributed by atoms with Gasteiger partial charge in [-0.3, -0.25) is 24.2 Å². The van der Waals surface area contributed by atoms with Gasteiger partial charge in [0, 0.05) is 32.9 Å². The summed E-state index contributed by atoms with van der Waals surface area (Å²) in [6, 6.07) is 24.9. The van der Waals surface area contributed by atoms with Crippen LogP contribution in [0.1, 0.15) is 42.1 Å². The number of aromatic nitrogens is 4. The van der Waals surface area contributed by atoms with Crippen molar-refractivity contribution in [2.45, 2.75) is 51.7 Å². The molecule has 5 N–H and O–H groups in total. The minimum Gasteiger partial charge on any atom is -0.488 e. The fraction of sp³-hybridized carbons (Fsp3) is 0.317. The summed E-state index contributed by atoms with van der Waals surface area (Å²) in [5, 5.41) is 10.3. The van der Waals surface area contributed by atoms with E-state index in [0.29, 0.717) is 48.5 Å². The van der Waals surface area contributed by atoms with E-state index in [9.17, 15) is 19.2 Å². The summed E-state index contributed by atoms with van der Waals surface area (Å²) < 4.78 is 26.7. The highest BCUT2D eigenvalue weighted by atomic mass is 35.5. The van der Waals surface area contributed by atoms with E-state index >= 15 is 0 Å². The highest BCUT2D eigenvalue weighted by Gasteiger charge is 2.33. The Kier molecular flexibility index (Phi) is 17.6. The van der Waals surface area contributed by atoms with Gasteiger partial charge in [0.15, 0.2) is 23.1 Å². The predicted molar refractivity (Wildman–Crippen MR) is 225 cm³/mol. The van der Waals surface area contributed by atoms with Gasteiger partial charge in [0.05, 0.1) is 13.0 Å². The van der Waals surface area contributed by atoms with Crippen molar-refractivity contribution in [1.82, 2.24) is 36.3 Å². The number of esters is 1. The Morgan fingerprint density at radius 2 is 1.41 bits per heavy atom. The van der Waals surface area contributed by atoms with Crippen LogP contribution in [0, 0.1) is 0 Å². The van der Waals surface area contributed by atoms with Crippen LogP contribution in [0.25, 0.3) is 0 Å². The van der Waals surface area contributed by atoms with Crippen molar-refractivity contribution in [3.63, 3.8) is 0 Å². The normalized spacial score (nSPS) is 18.8. The van der Waals surface area contributed by atoms with E-state index in [1.165, 1.54) is 9.80 Å². The Morgan fingerprint density at radius 1 is 0.820 bits per heavy atom. The molecule has 3 aromatic heterocycles. The Bertz CT molecular complexity index is 2200. The summed E-state index contributed by atoms with van der Waals surface area (Å²) in [5.74, 6) is 0.524. The number of carbonyl (C=O) groups excluding carboxylic acids is 4. The molecule has 2 aromatic carbocycles. The summed E-state index contributed by atoms with van der Waals surface area (Å²) in [7, 11) is 3.22. The standard InChI is InChI=1S/C19H17N5O4.C12H16N2O3.C9H11N3O2.CH4.ClH/c1-24-16-14(8-5-9-20-16)27-11-13(19(24)26)21-17(25)18-23-22-15(28-18)10-12-6-3-2-4-7-12;1-2-16-12(15)11-14-13-10(17-11)8-9-6-4-3-5-7-9;1-12-8-7(3-2-4-11-8)14-5-6(10)9(12)13;;/h2-9,13H,10-11H2,1H3,(H,21,25);3-7,10-11,13-14H,2,8H2,1H3;2-4,6H,5,10H2,1H3;1H4;1H/t13-;;6-;;/m0.0../s1. The summed E-state index contributed by atoms with van der Waals surface area (Å²) in [6.07, 6.45) is 3.36. The molecule has 324 valence electrons. The predicted octanol–water partition coefficient (Wildman–Crippen LogP) is 2.60. The first kappa shape index (κ1) is 47.2. The number of nitrogens with zero attached hydrogens (tertiary/aromatic N) is 6. The van der Waals surface area contributed by atoms with Gasteiger partial charge in [-0.25, -0.2) is 25.6 Å². The minimum atomic E-state index is -0.906. The lowest BCUT2D eigenvalue weighted by atomic mass is 10.1. The van der Waals surface area contributed by atoms with E-state index in [1.54, 1.807) is 57.7 Å². The van der Waals surface area contributed by atoms with Crippen LogP contribution >= 0.6 is 12.4 Å². The van der Waals surface area contributed by atoms with Crippen LogP contribution in [-0.4, -0.2) is 102 Å². The van der Waals surface area contributed by atoms with E-state index in [1.807, 2.05) is 60.7 Å². The van der Waals surface area contributed by atoms with Crippen LogP contribution in [0.3, 0.4) is 0 Å². The number of fused-ring (bicyclic) bond motifs is 2. The smallest absolute Gasteiger partial charge is 0.351 e. The van der Waals surface area contributed by atoms with Crippen molar-refractivity contribution in [1.29, 1.82) is 0 Å². The van der Waals surface area contributed by atoms with E-state index in [-0.39, 0.29) is 57.0 Å². The molecule has 1 saturated heterocycles. The van der Waals surface area contributed by atoms with Gasteiger partial charge in [0.1, 0.15) is 31.5 Å². The molecule has 0 spiro atoms. The van der Waals surface area contributed by atoms with E-state index in [4.69, 9.17) is 29.1 Å². The maximum Gasteiger partial charge on any atom is 0.351 e. The number of carbonyl (C=O) groups is 4. The first-order valence-electron chi connectivity index (χ1n) is 18.6. The van der Waals surface area contributed by atoms with Gasteiger partial charge < -0.3 is 34.4 Å². The van der Waals surface area contributed by atoms with Crippen molar-refractivity contribution in [3.8, 4) is 11.5 Å². The van der Waals surface area contributed by atoms with Gasteiger partial charge in [0.25, 0.3) is 5.91 Å². The van der Waals surface area contributed by atoms with Crippen molar-refractivity contribution >= 4 is 47.7 Å². The molecule has 3 aliphatic heterocycles. The number of hydrogen-bond donors (Lipinski definition) is 4. The average Bonchev–Trinajstić information content (AvgIpc) is 3.90. The summed E-state index contributed by atoms with van der Waals surface area (Å²) in [6.45, 7) is 2.28. The third-order valence-corrected chi connectivity index (χ3v) is 8.84. The topological polar surface area (TPSA) is 238 Å². The molecule has 6 heterocycles.